The largest absolute Gasteiger partial charge is 0.492 e. The zero-order valence-corrected chi connectivity index (χ0v) is 14.0. The van der Waals surface area contributed by atoms with Crippen molar-refractivity contribution in [3.63, 3.8) is 0 Å². The van der Waals surface area contributed by atoms with E-state index in [9.17, 15) is 4.79 Å². The summed E-state index contributed by atoms with van der Waals surface area (Å²) < 4.78 is 10.5. The Morgan fingerprint density at radius 1 is 1.25 bits per heavy atom. The summed E-state index contributed by atoms with van der Waals surface area (Å²) in [6.07, 6.45) is 2.48. The van der Waals surface area contributed by atoms with Crippen LogP contribution in [0.25, 0.3) is 0 Å². The van der Waals surface area contributed by atoms with Gasteiger partial charge in [-0.3, -0.25) is 4.79 Å². The highest BCUT2D eigenvalue weighted by Crippen LogP contribution is 2.24. The number of rotatable bonds is 9. The molecule has 2 N–H and O–H groups in total. The lowest BCUT2D eigenvalue weighted by Gasteiger charge is -2.12. The molecule has 0 unspecified atom stereocenters. The van der Waals surface area contributed by atoms with Crippen LogP contribution >= 0.6 is 0 Å². The lowest BCUT2D eigenvalue weighted by atomic mass is 10.2. The number of pyridine rings is 1. The maximum absolute atomic E-state index is 12.5. The number of hydrogen-bond acceptors (Lipinski definition) is 5. The van der Waals surface area contributed by atoms with Gasteiger partial charge in [0.1, 0.15) is 11.6 Å². The van der Waals surface area contributed by atoms with Gasteiger partial charge < -0.3 is 20.1 Å². The molecular formula is C18H23N3O3. The molecule has 128 valence electrons. The summed E-state index contributed by atoms with van der Waals surface area (Å²) in [6, 6.07) is 10.8. The molecule has 0 saturated heterocycles. The van der Waals surface area contributed by atoms with Gasteiger partial charge in [-0.05, 0) is 37.6 Å². The van der Waals surface area contributed by atoms with Crippen LogP contribution in [0.3, 0.4) is 0 Å². The Balaban J connectivity index is 2.02. The quantitative estimate of drug-likeness (QED) is 0.691. The van der Waals surface area contributed by atoms with Crippen LogP contribution in [0.5, 0.6) is 5.75 Å². The molecule has 1 aromatic heterocycles. The van der Waals surface area contributed by atoms with Crippen molar-refractivity contribution in [2.75, 3.05) is 37.5 Å². The Morgan fingerprint density at radius 2 is 2.08 bits per heavy atom. The molecule has 0 bridgehead atoms. The zero-order valence-electron chi connectivity index (χ0n) is 14.0. The van der Waals surface area contributed by atoms with Gasteiger partial charge in [-0.1, -0.05) is 12.1 Å². The third kappa shape index (κ3) is 5.24. The third-order valence-electron chi connectivity index (χ3n) is 3.29. The summed E-state index contributed by atoms with van der Waals surface area (Å²) in [7, 11) is 1.67. The van der Waals surface area contributed by atoms with Crippen LogP contribution in [-0.4, -0.2) is 37.8 Å². The lowest BCUT2D eigenvalue weighted by molar-refractivity contribution is 0.102. The first-order valence-corrected chi connectivity index (χ1v) is 7.96. The second-order valence-corrected chi connectivity index (χ2v) is 5.09. The highest BCUT2D eigenvalue weighted by atomic mass is 16.5. The van der Waals surface area contributed by atoms with E-state index in [-0.39, 0.29) is 5.91 Å². The van der Waals surface area contributed by atoms with Crippen molar-refractivity contribution in [3.05, 3.63) is 48.2 Å². The van der Waals surface area contributed by atoms with E-state index < -0.39 is 0 Å². The highest BCUT2D eigenvalue weighted by molar-refractivity contribution is 6.05. The van der Waals surface area contributed by atoms with Crippen molar-refractivity contribution in [1.82, 2.24) is 4.98 Å². The average molecular weight is 329 g/mol. The second kappa shape index (κ2) is 9.52. The maximum Gasteiger partial charge on any atom is 0.255 e. The smallest absolute Gasteiger partial charge is 0.255 e. The number of anilines is 2. The Morgan fingerprint density at radius 3 is 2.88 bits per heavy atom. The Hall–Kier alpha value is -2.60. The van der Waals surface area contributed by atoms with Crippen LogP contribution in [0.15, 0.2) is 42.6 Å². The molecule has 1 aromatic carbocycles. The number of aromatic nitrogens is 1. The standard InChI is InChI=1S/C18H23N3O3/c1-3-24-16-8-5-4-7-15(16)21-18(22)14-9-11-20-17(13-14)19-10-6-12-23-2/h4-5,7-9,11,13H,3,6,10,12H2,1-2H3,(H,19,20)(H,21,22). The molecule has 0 aliphatic rings. The molecule has 1 amide bonds. The number of benzene rings is 1. The molecule has 2 aromatic rings. The molecule has 0 saturated carbocycles. The normalized spacial score (nSPS) is 10.2. The predicted octanol–water partition coefficient (Wildman–Crippen LogP) is 3.18. The summed E-state index contributed by atoms with van der Waals surface area (Å²) >= 11 is 0. The van der Waals surface area contributed by atoms with Gasteiger partial charge in [0.15, 0.2) is 0 Å². The topological polar surface area (TPSA) is 72.5 Å². The van der Waals surface area contributed by atoms with Gasteiger partial charge in [-0.15, -0.1) is 0 Å². The number of nitrogens with zero attached hydrogens (tertiary/aromatic N) is 1. The third-order valence-corrected chi connectivity index (χ3v) is 3.29. The molecule has 6 nitrogen and oxygen atoms in total. The Labute approximate surface area is 142 Å². The van der Waals surface area contributed by atoms with E-state index in [4.69, 9.17) is 9.47 Å². The zero-order chi connectivity index (χ0) is 17.2. The number of ether oxygens (including phenoxy) is 2. The minimum atomic E-state index is -0.204. The van der Waals surface area contributed by atoms with Crippen LogP contribution in [0.1, 0.15) is 23.7 Å². The fraction of sp³-hybridized carbons (Fsp3) is 0.333. The van der Waals surface area contributed by atoms with Gasteiger partial charge in [-0.2, -0.15) is 0 Å². The van der Waals surface area contributed by atoms with E-state index in [1.165, 1.54) is 0 Å². The minimum absolute atomic E-state index is 0.204. The summed E-state index contributed by atoms with van der Waals surface area (Å²) in [5.41, 5.74) is 1.18. The summed E-state index contributed by atoms with van der Waals surface area (Å²) in [5.74, 6) is 1.11. The van der Waals surface area contributed by atoms with Gasteiger partial charge in [0.2, 0.25) is 0 Å². The van der Waals surface area contributed by atoms with E-state index in [0.29, 0.717) is 36.0 Å². The number of hydrogen-bond donors (Lipinski definition) is 2. The SMILES string of the molecule is CCOc1ccccc1NC(=O)c1ccnc(NCCCOC)c1. The predicted molar refractivity (Wildman–Crippen MR) is 94.8 cm³/mol. The first kappa shape index (κ1) is 17.7. The van der Waals surface area contributed by atoms with Crippen molar-refractivity contribution < 1.29 is 14.3 Å². The summed E-state index contributed by atoms with van der Waals surface area (Å²) in [6.45, 7) is 3.86. The maximum atomic E-state index is 12.5. The molecular weight excluding hydrogens is 306 g/mol. The highest BCUT2D eigenvalue weighted by Gasteiger charge is 2.10. The van der Waals surface area contributed by atoms with E-state index in [0.717, 1.165) is 13.0 Å². The minimum Gasteiger partial charge on any atom is -0.492 e. The van der Waals surface area contributed by atoms with Crippen LogP contribution in [0.4, 0.5) is 11.5 Å². The van der Waals surface area contributed by atoms with Gasteiger partial charge in [0.05, 0.1) is 12.3 Å². The Kier molecular flexibility index (Phi) is 7.04. The van der Waals surface area contributed by atoms with Crippen LogP contribution in [0, 0.1) is 0 Å². The molecule has 0 fully saturated rings. The van der Waals surface area contributed by atoms with Crippen LogP contribution in [0.2, 0.25) is 0 Å². The van der Waals surface area contributed by atoms with Crippen molar-refractivity contribution in [3.8, 4) is 5.75 Å². The van der Waals surface area contributed by atoms with Gasteiger partial charge >= 0.3 is 0 Å². The lowest BCUT2D eigenvalue weighted by Crippen LogP contribution is -2.14. The average Bonchev–Trinajstić information content (AvgIpc) is 2.61. The van der Waals surface area contributed by atoms with Crippen molar-refractivity contribution in [1.29, 1.82) is 0 Å². The first-order chi connectivity index (χ1) is 11.7. The van der Waals surface area contributed by atoms with Crippen LogP contribution in [-0.2, 0) is 4.74 Å². The van der Waals surface area contributed by atoms with E-state index in [1.807, 2.05) is 31.2 Å². The number of methoxy groups -OCH3 is 1. The molecule has 2 rings (SSSR count). The molecule has 0 aliphatic heterocycles. The fourth-order valence-corrected chi connectivity index (χ4v) is 2.15. The molecule has 1 heterocycles. The second-order valence-electron chi connectivity index (χ2n) is 5.09. The molecule has 6 heteroatoms. The molecule has 0 aliphatic carbocycles. The first-order valence-electron chi connectivity index (χ1n) is 7.96. The summed E-state index contributed by atoms with van der Waals surface area (Å²) in [5, 5.41) is 6.05. The Bertz CT molecular complexity index is 661. The van der Waals surface area contributed by atoms with Crippen LogP contribution < -0.4 is 15.4 Å². The fourth-order valence-electron chi connectivity index (χ4n) is 2.15. The van der Waals surface area contributed by atoms with Crippen molar-refractivity contribution in [2.45, 2.75) is 13.3 Å². The van der Waals surface area contributed by atoms with E-state index >= 15 is 0 Å². The van der Waals surface area contributed by atoms with Gasteiger partial charge in [-0.25, -0.2) is 4.98 Å². The van der Waals surface area contributed by atoms with E-state index in [2.05, 4.69) is 15.6 Å². The molecule has 0 atom stereocenters. The van der Waals surface area contributed by atoms with Gasteiger partial charge in [0, 0.05) is 32.0 Å². The summed E-state index contributed by atoms with van der Waals surface area (Å²) in [4.78, 5) is 16.7. The molecule has 0 radical (unpaired) electrons. The number of nitrogens with one attached hydrogen (secondary N) is 2. The van der Waals surface area contributed by atoms with E-state index in [1.54, 1.807) is 25.4 Å². The van der Waals surface area contributed by atoms with Gasteiger partial charge in [0.25, 0.3) is 5.91 Å². The molecule has 24 heavy (non-hydrogen) atoms. The van der Waals surface area contributed by atoms with Crippen molar-refractivity contribution in [2.24, 2.45) is 0 Å². The molecule has 0 spiro atoms. The number of carbonyl (C=O) groups is 1. The number of para-hydroxylation sites is 2. The number of amides is 1. The monoisotopic (exact) mass is 329 g/mol. The van der Waals surface area contributed by atoms with Crippen molar-refractivity contribution >= 4 is 17.4 Å². The number of carbonyl (C=O) groups excluding carboxylic acids is 1.